The van der Waals surface area contributed by atoms with Gasteiger partial charge in [0.05, 0.1) is 12.6 Å². The van der Waals surface area contributed by atoms with E-state index in [9.17, 15) is 34.2 Å². The van der Waals surface area contributed by atoms with Gasteiger partial charge in [0.2, 0.25) is 23.6 Å². The Morgan fingerprint density at radius 3 is 2.37 bits per heavy atom. The van der Waals surface area contributed by atoms with Crippen LogP contribution in [0.5, 0.6) is 0 Å². The van der Waals surface area contributed by atoms with Crippen LogP contribution in [0, 0.1) is 0 Å². The van der Waals surface area contributed by atoms with Crippen LogP contribution >= 0.6 is 0 Å². The smallest absolute Gasteiger partial charge is 0.326 e. The predicted molar refractivity (Wildman–Crippen MR) is 125 cm³/mol. The number of carbonyl (C=O) groups excluding carboxylic acids is 4. The highest BCUT2D eigenvalue weighted by molar-refractivity contribution is 5.93. The first kappa shape index (κ1) is 27.3. The third-order valence-corrected chi connectivity index (χ3v) is 5.29. The van der Waals surface area contributed by atoms with E-state index in [1.54, 1.807) is 6.20 Å². The molecule has 0 fully saturated rings. The minimum absolute atomic E-state index is 0.0477. The monoisotopic (exact) mass is 490 g/mol. The van der Waals surface area contributed by atoms with Crippen LogP contribution in [0.25, 0.3) is 10.9 Å². The number of primary amides is 1. The Morgan fingerprint density at radius 1 is 1.06 bits per heavy atom. The van der Waals surface area contributed by atoms with Gasteiger partial charge in [0.25, 0.3) is 0 Å². The average Bonchev–Trinajstić information content (AvgIpc) is 3.21. The summed E-state index contributed by atoms with van der Waals surface area (Å²) in [5.41, 5.74) is 12.2. The number of aromatic nitrogens is 1. The zero-order valence-electron chi connectivity index (χ0n) is 19.1. The van der Waals surface area contributed by atoms with Crippen molar-refractivity contribution in [2.45, 2.75) is 50.4 Å². The molecule has 13 heteroatoms. The Labute approximate surface area is 200 Å². The van der Waals surface area contributed by atoms with Crippen LogP contribution in [0.1, 0.15) is 25.3 Å². The molecular formula is C22H30N6O7. The van der Waals surface area contributed by atoms with E-state index in [4.69, 9.17) is 11.5 Å². The molecule has 2 rings (SSSR count). The van der Waals surface area contributed by atoms with E-state index in [0.717, 1.165) is 10.9 Å². The standard InChI is InChI=1S/C22H30N6O7/c1-11(29)19(24)21(33)28-16(8-12-9-25-14-5-3-2-4-13(12)14)20(32)26-10-18(31)27-15(22(34)35)6-7-17(23)30/h2-5,9,11,15-16,19,25,29H,6-8,10,24H2,1H3,(H2,23,30)(H,26,32)(H,27,31)(H,28,33)(H,34,35). The second kappa shape index (κ2) is 12.5. The summed E-state index contributed by atoms with van der Waals surface area (Å²) in [5.74, 6) is -4.37. The molecule has 0 spiro atoms. The molecule has 0 aliphatic rings. The highest BCUT2D eigenvalue weighted by Gasteiger charge is 2.28. The van der Waals surface area contributed by atoms with Crippen molar-refractivity contribution in [1.82, 2.24) is 20.9 Å². The predicted octanol–water partition coefficient (Wildman–Crippen LogP) is -2.15. The van der Waals surface area contributed by atoms with Gasteiger partial charge >= 0.3 is 5.97 Å². The lowest BCUT2D eigenvalue weighted by molar-refractivity contribution is -0.142. The van der Waals surface area contributed by atoms with Crippen molar-refractivity contribution in [3.05, 3.63) is 36.0 Å². The lowest BCUT2D eigenvalue weighted by Crippen LogP contribution is -2.56. The van der Waals surface area contributed by atoms with E-state index in [0.29, 0.717) is 5.56 Å². The van der Waals surface area contributed by atoms with Crippen LogP contribution in [0.3, 0.4) is 0 Å². The third kappa shape index (κ3) is 8.08. The second-order valence-electron chi connectivity index (χ2n) is 8.07. The van der Waals surface area contributed by atoms with Crippen molar-refractivity contribution in [1.29, 1.82) is 0 Å². The molecule has 0 saturated carbocycles. The molecule has 35 heavy (non-hydrogen) atoms. The molecule has 1 aromatic carbocycles. The zero-order valence-corrected chi connectivity index (χ0v) is 19.1. The topological polar surface area (TPSA) is 230 Å². The molecule has 0 radical (unpaired) electrons. The molecule has 0 aliphatic heterocycles. The SMILES string of the molecule is CC(O)C(N)C(=O)NC(Cc1c[nH]c2ccccc12)C(=O)NCC(=O)NC(CCC(N)=O)C(=O)O. The van der Waals surface area contributed by atoms with Gasteiger partial charge in [-0.05, 0) is 25.0 Å². The number of fused-ring (bicyclic) bond motifs is 1. The van der Waals surface area contributed by atoms with Gasteiger partial charge in [-0.15, -0.1) is 0 Å². The van der Waals surface area contributed by atoms with E-state index in [2.05, 4.69) is 20.9 Å². The molecule has 0 aliphatic carbocycles. The Balaban J connectivity index is 2.09. The number of carboxylic acids is 1. The summed E-state index contributed by atoms with van der Waals surface area (Å²) in [6.07, 6.45) is 0.124. The molecular weight excluding hydrogens is 460 g/mol. The highest BCUT2D eigenvalue weighted by Crippen LogP contribution is 2.19. The van der Waals surface area contributed by atoms with Crippen LogP contribution in [0.4, 0.5) is 0 Å². The number of H-pyrrole nitrogens is 1. The van der Waals surface area contributed by atoms with E-state index in [1.807, 2.05) is 24.3 Å². The molecule has 2 aromatic rings. The number of hydrogen-bond donors (Lipinski definition) is 8. The number of nitrogens with two attached hydrogens (primary N) is 2. The maximum absolute atomic E-state index is 12.9. The van der Waals surface area contributed by atoms with E-state index < -0.39 is 60.4 Å². The number of aromatic amines is 1. The fourth-order valence-corrected chi connectivity index (χ4v) is 3.30. The minimum atomic E-state index is -1.36. The molecule has 1 aromatic heterocycles. The number of nitrogens with one attached hydrogen (secondary N) is 4. The first-order chi connectivity index (χ1) is 16.5. The Bertz CT molecular complexity index is 1080. The number of aliphatic hydroxyl groups excluding tert-OH is 1. The van der Waals surface area contributed by atoms with Crippen molar-refractivity contribution in [2.24, 2.45) is 11.5 Å². The molecule has 10 N–H and O–H groups in total. The van der Waals surface area contributed by atoms with Gasteiger partial charge in [-0.3, -0.25) is 19.2 Å². The summed E-state index contributed by atoms with van der Waals surface area (Å²) in [4.78, 5) is 62.7. The summed E-state index contributed by atoms with van der Waals surface area (Å²) >= 11 is 0. The van der Waals surface area contributed by atoms with Gasteiger partial charge in [0.1, 0.15) is 18.1 Å². The fraction of sp³-hybridized carbons (Fsp3) is 0.409. The number of aliphatic carboxylic acids is 1. The molecule has 13 nitrogen and oxygen atoms in total. The molecule has 190 valence electrons. The van der Waals surface area contributed by atoms with Gasteiger partial charge in [-0.25, -0.2) is 4.79 Å². The minimum Gasteiger partial charge on any atom is -0.480 e. The van der Waals surface area contributed by atoms with Gasteiger partial charge in [-0.2, -0.15) is 0 Å². The summed E-state index contributed by atoms with van der Waals surface area (Å²) in [6, 6.07) is 3.55. The molecule has 4 atom stereocenters. The number of carboxylic acid groups (broad SMARTS) is 1. The quantitative estimate of drug-likeness (QED) is 0.154. The van der Waals surface area contributed by atoms with Gasteiger partial charge in [0, 0.05) is 29.9 Å². The molecule has 4 amide bonds. The maximum Gasteiger partial charge on any atom is 0.326 e. The van der Waals surface area contributed by atoms with Crippen LogP contribution < -0.4 is 27.4 Å². The van der Waals surface area contributed by atoms with E-state index in [1.165, 1.54) is 6.92 Å². The highest BCUT2D eigenvalue weighted by atomic mass is 16.4. The largest absolute Gasteiger partial charge is 0.480 e. The Hall–Kier alpha value is -3.97. The maximum atomic E-state index is 12.9. The average molecular weight is 491 g/mol. The van der Waals surface area contributed by atoms with Crippen LogP contribution in [-0.2, 0) is 30.4 Å². The van der Waals surface area contributed by atoms with E-state index in [-0.39, 0.29) is 19.3 Å². The Kier molecular flexibility index (Phi) is 9.73. The first-order valence-electron chi connectivity index (χ1n) is 10.9. The fourth-order valence-electron chi connectivity index (χ4n) is 3.30. The van der Waals surface area contributed by atoms with Crippen LogP contribution in [-0.4, -0.2) is 75.6 Å². The number of hydrogen-bond acceptors (Lipinski definition) is 7. The van der Waals surface area contributed by atoms with Crippen LogP contribution in [0.15, 0.2) is 30.5 Å². The second-order valence-corrected chi connectivity index (χ2v) is 8.07. The number of benzene rings is 1. The number of amides is 4. The zero-order chi connectivity index (χ0) is 26.1. The van der Waals surface area contributed by atoms with E-state index >= 15 is 0 Å². The first-order valence-corrected chi connectivity index (χ1v) is 10.9. The molecule has 0 bridgehead atoms. The number of carbonyl (C=O) groups is 5. The van der Waals surface area contributed by atoms with Crippen LogP contribution in [0.2, 0.25) is 0 Å². The Morgan fingerprint density at radius 2 is 1.74 bits per heavy atom. The lowest BCUT2D eigenvalue weighted by atomic mass is 10.0. The van der Waals surface area contributed by atoms with Crippen molar-refractivity contribution < 1.29 is 34.2 Å². The van der Waals surface area contributed by atoms with Crippen molar-refractivity contribution in [3.8, 4) is 0 Å². The third-order valence-electron chi connectivity index (χ3n) is 5.29. The van der Waals surface area contributed by atoms with Crippen molar-refractivity contribution >= 4 is 40.5 Å². The number of rotatable bonds is 13. The summed E-state index contributed by atoms with van der Waals surface area (Å²) < 4.78 is 0. The van der Waals surface area contributed by atoms with Crippen molar-refractivity contribution in [2.75, 3.05) is 6.54 Å². The van der Waals surface area contributed by atoms with Gasteiger partial charge in [-0.1, -0.05) is 18.2 Å². The normalized spacial score (nSPS) is 14.4. The lowest BCUT2D eigenvalue weighted by Gasteiger charge is -2.22. The summed E-state index contributed by atoms with van der Waals surface area (Å²) in [7, 11) is 0. The van der Waals surface area contributed by atoms with Crippen molar-refractivity contribution in [3.63, 3.8) is 0 Å². The molecule has 4 unspecified atom stereocenters. The number of aliphatic hydroxyl groups is 1. The summed E-state index contributed by atoms with van der Waals surface area (Å²) in [6.45, 7) is 0.752. The molecule has 0 saturated heterocycles. The number of para-hydroxylation sites is 1. The molecule has 1 heterocycles. The summed E-state index contributed by atoms with van der Waals surface area (Å²) in [5, 5.41) is 26.7. The van der Waals surface area contributed by atoms with Gasteiger partial charge in [0.15, 0.2) is 0 Å². The van der Waals surface area contributed by atoms with Gasteiger partial charge < -0.3 is 42.6 Å².